The third-order valence-electron chi connectivity index (χ3n) is 3.88. The first kappa shape index (κ1) is 15.1. The Hall–Kier alpha value is -2.81. The highest BCUT2D eigenvalue weighted by Crippen LogP contribution is 2.20. The summed E-state index contributed by atoms with van der Waals surface area (Å²) in [5.41, 5.74) is 2.93. The molecule has 3 aromatic rings. The number of fused-ring (bicyclic) bond motifs is 1. The molecule has 0 spiro atoms. The first-order valence-electron chi connectivity index (χ1n) is 7.67. The number of carbonyl (C=O) groups excluding carboxylic acids is 1. The van der Waals surface area contributed by atoms with Crippen LogP contribution in [0.1, 0.15) is 5.56 Å². The van der Waals surface area contributed by atoms with Crippen molar-refractivity contribution in [1.82, 2.24) is 0 Å². The molecule has 116 valence electrons. The number of hydrogen-bond donors (Lipinski definition) is 1. The van der Waals surface area contributed by atoms with Crippen LogP contribution in [0.15, 0.2) is 66.7 Å². The van der Waals surface area contributed by atoms with E-state index in [1.165, 1.54) is 0 Å². The summed E-state index contributed by atoms with van der Waals surface area (Å²) in [7, 11) is 3.97. The molecule has 0 aliphatic heterocycles. The number of benzene rings is 3. The number of hydrogen-bond acceptors (Lipinski definition) is 2. The Labute approximate surface area is 136 Å². The van der Waals surface area contributed by atoms with E-state index in [9.17, 15) is 4.79 Å². The second kappa shape index (κ2) is 6.53. The third-order valence-corrected chi connectivity index (χ3v) is 3.88. The van der Waals surface area contributed by atoms with Crippen LogP contribution in [0.25, 0.3) is 10.8 Å². The summed E-state index contributed by atoms with van der Waals surface area (Å²) >= 11 is 0. The Morgan fingerprint density at radius 1 is 0.957 bits per heavy atom. The molecular weight excluding hydrogens is 284 g/mol. The number of nitrogens with one attached hydrogen (secondary N) is 1. The van der Waals surface area contributed by atoms with Gasteiger partial charge in [-0.15, -0.1) is 0 Å². The fourth-order valence-electron chi connectivity index (χ4n) is 2.69. The van der Waals surface area contributed by atoms with Gasteiger partial charge in [-0.2, -0.15) is 0 Å². The van der Waals surface area contributed by atoms with Gasteiger partial charge in [-0.25, -0.2) is 0 Å². The highest BCUT2D eigenvalue weighted by Gasteiger charge is 2.08. The molecule has 0 aromatic heterocycles. The number of nitrogens with zero attached hydrogens (tertiary/aromatic N) is 1. The van der Waals surface area contributed by atoms with E-state index in [1.807, 2.05) is 67.5 Å². The molecule has 0 unspecified atom stereocenters. The quantitative estimate of drug-likeness (QED) is 0.787. The van der Waals surface area contributed by atoms with Gasteiger partial charge in [0, 0.05) is 25.5 Å². The Balaban J connectivity index is 1.78. The van der Waals surface area contributed by atoms with Crippen LogP contribution in [-0.4, -0.2) is 20.0 Å². The number of carbonyl (C=O) groups is 1. The number of anilines is 2. The molecule has 3 rings (SSSR count). The van der Waals surface area contributed by atoms with E-state index in [0.29, 0.717) is 6.42 Å². The number of amides is 1. The van der Waals surface area contributed by atoms with Crippen LogP contribution in [0.5, 0.6) is 0 Å². The molecule has 0 saturated heterocycles. The van der Waals surface area contributed by atoms with Gasteiger partial charge in [-0.05, 0) is 34.5 Å². The predicted octanol–water partition coefficient (Wildman–Crippen LogP) is 4.09. The van der Waals surface area contributed by atoms with E-state index in [1.54, 1.807) is 0 Å². The van der Waals surface area contributed by atoms with Crippen LogP contribution < -0.4 is 10.2 Å². The van der Waals surface area contributed by atoms with Crippen LogP contribution in [0.3, 0.4) is 0 Å². The lowest BCUT2D eigenvalue weighted by atomic mass is 10.0. The maximum Gasteiger partial charge on any atom is 0.228 e. The zero-order valence-electron chi connectivity index (χ0n) is 13.4. The molecule has 3 aromatic carbocycles. The smallest absolute Gasteiger partial charge is 0.228 e. The molecule has 0 bridgehead atoms. The molecule has 1 amide bonds. The van der Waals surface area contributed by atoms with Crippen LogP contribution in [0.4, 0.5) is 11.4 Å². The summed E-state index contributed by atoms with van der Waals surface area (Å²) < 4.78 is 0. The summed E-state index contributed by atoms with van der Waals surface area (Å²) in [4.78, 5) is 14.4. The lowest BCUT2D eigenvalue weighted by Gasteiger charge is -2.14. The topological polar surface area (TPSA) is 32.3 Å². The molecule has 0 aliphatic rings. The summed E-state index contributed by atoms with van der Waals surface area (Å²) in [5, 5.41) is 5.28. The second-order valence-electron chi connectivity index (χ2n) is 5.81. The van der Waals surface area contributed by atoms with Gasteiger partial charge in [0.25, 0.3) is 0 Å². The Bertz CT molecular complexity index is 834. The molecule has 0 radical (unpaired) electrons. The minimum atomic E-state index is -0.00254. The van der Waals surface area contributed by atoms with Crippen molar-refractivity contribution in [2.24, 2.45) is 0 Å². The van der Waals surface area contributed by atoms with Crippen LogP contribution in [-0.2, 0) is 11.2 Å². The van der Waals surface area contributed by atoms with Gasteiger partial charge in [0.05, 0.1) is 6.42 Å². The minimum absolute atomic E-state index is 0.00254. The molecule has 23 heavy (non-hydrogen) atoms. The summed E-state index contributed by atoms with van der Waals surface area (Å²) in [6, 6.07) is 22.1. The summed E-state index contributed by atoms with van der Waals surface area (Å²) in [6.07, 6.45) is 0.369. The standard InChI is InChI=1S/C20H20N2O/c1-22(2)18-11-6-10-17(14-18)21-20(23)13-16-9-5-8-15-7-3-4-12-19(15)16/h3-12,14H,13H2,1-2H3,(H,21,23). The maximum absolute atomic E-state index is 12.4. The molecule has 3 heteroatoms. The van der Waals surface area contributed by atoms with Crippen molar-refractivity contribution < 1.29 is 4.79 Å². The normalized spacial score (nSPS) is 10.5. The van der Waals surface area contributed by atoms with E-state index in [0.717, 1.165) is 27.7 Å². The second-order valence-corrected chi connectivity index (χ2v) is 5.81. The number of rotatable bonds is 4. The highest BCUT2D eigenvalue weighted by molar-refractivity contribution is 5.96. The first-order valence-corrected chi connectivity index (χ1v) is 7.67. The van der Waals surface area contributed by atoms with E-state index >= 15 is 0 Å². The summed E-state index contributed by atoms with van der Waals surface area (Å²) in [6.45, 7) is 0. The van der Waals surface area contributed by atoms with Crippen LogP contribution in [0, 0.1) is 0 Å². The van der Waals surface area contributed by atoms with Crippen molar-refractivity contribution in [2.75, 3.05) is 24.3 Å². The Morgan fingerprint density at radius 3 is 2.52 bits per heavy atom. The van der Waals surface area contributed by atoms with E-state index in [4.69, 9.17) is 0 Å². The molecule has 1 N–H and O–H groups in total. The molecule has 0 heterocycles. The molecule has 0 atom stereocenters. The first-order chi connectivity index (χ1) is 11.1. The Morgan fingerprint density at radius 2 is 1.70 bits per heavy atom. The van der Waals surface area contributed by atoms with Gasteiger partial charge in [0.1, 0.15) is 0 Å². The third kappa shape index (κ3) is 3.51. The SMILES string of the molecule is CN(C)c1cccc(NC(=O)Cc2cccc3ccccc23)c1. The average molecular weight is 304 g/mol. The van der Waals surface area contributed by atoms with Gasteiger partial charge >= 0.3 is 0 Å². The van der Waals surface area contributed by atoms with Crippen LogP contribution in [0.2, 0.25) is 0 Å². The Kier molecular flexibility index (Phi) is 4.29. The molecular formula is C20H20N2O. The van der Waals surface area contributed by atoms with Gasteiger partial charge in [0.15, 0.2) is 0 Å². The molecule has 0 aliphatic carbocycles. The van der Waals surface area contributed by atoms with E-state index in [-0.39, 0.29) is 5.91 Å². The largest absolute Gasteiger partial charge is 0.378 e. The zero-order valence-corrected chi connectivity index (χ0v) is 13.4. The van der Waals surface area contributed by atoms with Crippen molar-refractivity contribution >= 4 is 28.1 Å². The van der Waals surface area contributed by atoms with Crippen molar-refractivity contribution in [3.63, 3.8) is 0 Å². The lowest BCUT2D eigenvalue weighted by Crippen LogP contribution is -2.15. The van der Waals surface area contributed by atoms with Crippen molar-refractivity contribution in [3.8, 4) is 0 Å². The predicted molar refractivity (Wildman–Crippen MR) is 97.1 cm³/mol. The molecule has 0 fully saturated rings. The fourth-order valence-corrected chi connectivity index (χ4v) is 2.69. The molecule has 3 nitrogen and oxygen atoms in total. The van der Waals surface area contributed by atoms with Crippen LogP contribution >= 0.6 is 0 Å². The average Bonchev–Trinajstić information content (AvgIpc) is 2.55. The van der Waals surface area contributed by atoms with Gasteiger partial charge in [-0.3, -0.25) is 4.79 Å². The zero-order chi connectivity index (χ0) is 16.2. The molecule has 0 saturated carbocycles. The maximum atomic E-state index is 12.4. The van der Waals surface area contributed by atoms with E-state index in [2.05, 4.69) is 23.5 Å². The highest BCUT2D eigenvalue weighted by atomic mass is 16.1. The lowest BCUT2D eigenvalue weighted by molar-refractivity contribution is -0.115. The van der Waals surface area contributed by atoms with Crippen molar-refractivity contribution in [3.05, 3.63) is 72.3 Å². The fraction of sp³-hybridized carbons (Fsp3) is 0.150. The summed E-state index contributed by atoms with van der Waals surface area (Å²) in [5.74, 6) is -0.00254. The van der Waals surface area contributed by atoms with Gasteiger partial charge in [0.2, 0.25) is 5.91 Å². The minimum Gasteiger partial charge on any atom is -0.378 e. The van der Waals surface area contributed by atoms with Gasteiger partial charge < -0.3 is 10.2 Å². The van der Waals surface area contributed by atoms with E-state index < -0.39 is 0 Å². The van der Waals surface area contributed by atoms with Crippen molar-refractivity contribution in [1.29, 1.82) is 0 Å². The van der Waals surface area contributed by atoms with Crippen molar-refractivity contribution in [2.45, 2.75) is 6.42 Å². The van der Waals surface area contributed by atoms with Gasteiger partial charge in [-0.1, -0.05) is 48.5 Å². The monoisotopic (exact) mass is 304 g/mol.